The Kier molecular flexibility index (Phi) is 11.6. The molecule has 8 heteroatoms. The number of halogens is 1. The maximum atomic E-state index is 12.9. The Morgan fingerprint density at radius 2 is 1.97 bits per heavy atom. The molecular weight excluding hydrogens is 507 g/mol. The van der Waals surface area contributed by atoms with Crippen LogP contribution in [0.5, 0.6) is 0 Å². The summed E-state index contributed by atoms with van der Waals surface area (Å²) in [6.45, 7) is 7.06. The van der Waals surface area contributed by atoms with Crippen LogP contribution in [-0.4, -0.2) is 75.9 Å². The second kappa shape index (κ2) is 13.9. The summed E-state index contributed by atoms with van der Waals surface area (Å²) in [7, 11) is 1.72. The van der Waals surface area contributed by atoms with E-state index >= 15 is 0 Å². The third kappa shape index (κ3) is 7.61. The molecule has 0 atom stereocenters. The maximum absolute atomic E-state index is 12.9. The number of guanidine groups is 1. The summed E-state index contributed by atoms with van der Waals surface area (Å²) in [6, 6.07) is 8.20. The number of likely N-dealkylation sites (tertiary alicyclic amines) is 1. The number of methoxy groups -OCH3 is 1. The fourth-order valence-corrected chi connectivity index (χ4v) is 4.13. The minimum atomic E-state index is 0. The van der Waals surface area contributed by atoms with Crippen molar-refractivity contribution in [3.05, 3.63) is 29.8 Å². The SMILES string of the molecule is CCNC(=NCC(=O)N1CCCc2ccccc21)N1CCC(OCCCOC)CC1.I. The van der Waals surface area contributed by atoms with Gasteiger partial charge in [0.15, 0.2) is 5.96 Å². The van der Waals surface area contributed by atoms with Crippen LogP contribution in [0.4, 0.5) is 5.69 Å². The second-order valence-electron chi connectivity index (χ2n) is 7.85. The number of piperidine rings is 1. The first-order valence-corrected chi connectivity index (χ1v) is 11.2. The maximum Gasteiger partial charge on any atom is 0.248 e. The number of aryl methyl sites for hydroxylation is 1. The van der Waals surface area contributed by atoms with Crippen LogP contribution in [-0.2, 0) is 20.7 Å². The van der Waals surface area contributed by atoms with Gasteiger partial charge in [0.2, 0.25) is 5.91 Å². The number of carbonyl (C=O) groups is 1. The Balaban J connectivity index is 0.00000341. The smallest absolute Gasteiger partial charge is 0.248 e. The van der Waals surface area contributed by atoms with E-state index in [1.807, 2.05) is 23.1 Å². The molecule has 1 saturated heterocycles. The number of fused-ring (bicyclic) bond motifs is 1. The molecule has 2 aliphatic rings. The van der Waals surface area contributed by atoms with Crippen LogP contribution in [0, 0.1) is 0 Å². The molecule has 0 aromatic heterocycles. The van der Waals surface area contributed by atoms with Gasteiger partial charge in [-0.25, -0.2) is 4.99 Å². The lowest BCUT2D eigenvalue weighted by molar-refractivity contribution is -0.117. The van der Waals surface area contributed by atoms with Crippen LogP contribution in [0.15, 0.2) is 29.3 Å². The van der Waals surface area contributed by atoms with Gasteiger partial charge >= 0.3 is 0 Å². The molecule has 1 fully saturated rings. The number of aliphatic imine (C=N–C) groups is 1. The van der Waals surface area contributed by atoms with Crippen LogP contribution in [0.1, 0.15) is 38.2 Å². The molecule has 174 valence electrons. The van der Waals surface area contributed by atoms with Crippen molar-refractivity contribution < 1.29 is 14.3 Å². The number of ether oxygens (including phenoxy) is 2. The number of hydrogen-bond donors (Lipinski definition) is 1. The molecule has 2 aliphatic heterocycles. The van der Waals surface area contributed by atoms with E-state index in [1.165, 1.54) is 5.56 Å². The van der Waals surface area contributed by atoms with Gasteiger partial charge in [-0.2, -0.15) is 0 Å². The molecule has 0 radical (unpaired) electrons. The first-order valence-electron chi connectivity index (χ1n) is 11.2. The fraction of sp³-hybridized carbons (Fsp3) is 0.652. The summed E-state index contributed by atoms with van der Waals surface area (Å²) in [5.41, 5.74) is 2.29. The van der Waals surface area contributed by atoms with Crippen molar-refractivity contribution in [3.63, 3.8) is 0 Å². The van der Waals surface area contributed by atoms with Gasteiger partial charge in [-0.05, 0) is 50.7 Å². The van der Waals surface area contributed by atoms with Gasteiger partial charge in [0.05, 0.1) is 6.10 Å². The number of rotatable bonds is 8. The highest BCUT2D eigenvalue weighted by Crippen LogP contribution is 2.26. The summed E-state index contributed by atoms with van der Waals surface area (Å²) in [4.78, 5) is 21.7. The highest BCUT2D eigenvalue weighted by Gasteiger charge is 2.24. The zero-order chi connectivity index (χ0) is 21.2. The molecule has 1 amide bonds. The van der Waals surface area contributed by atoms with E-state index in [-0.39, 0.29) is 36.4 Å². The fourth-order valence-electron chi connectivity index (χ4n) is 4.13. The first kappa shape index (κ1) is 25.9. The summed E-state index contributed by atoms with van der Waals surface area (Å²) >= 11 is 0. The topological polar surface area (TPSA) is 66.4 Å². The van der Waals surface area contributed by atoms with Crippen molar-refractivity contribution in [1.82, 2.24) is 10.2 Å². The lowest BCUT2D eigenvalue weighted by atomic mass is 10.0. The lowest BCUT2D eigenvalue weighted by Crippen LogP contribution is -2.47. The minimum Gasteiger partial charge on any atom is -0.385 e. The second-order valence-corrected chi connectivity index (χ2v) is 7.85. The lowest BCUT2D eigenvalue weighted by Gasteiger charge is -2.34. The Hall–Kier alpha value is -1.39. The van der Waals surface area contributed by atoms with Gasteiger partial charge in [-0.15, -0.1) is 24.0 Å². The van der Waals surface area contributed by atoms with E-state index in [4.69, 9.17) is 9.47 Å². The largest absolute Gasteiger partial charge is 0.385 e. The Morgan fingerprint density at radius 1 is 1.19 bits per heavy atom. The van der Waals surface area contributed by atoms with Gasteiger partial charge in [0.25, 0.3) is 0 Å². The quantitative estimate of drug-likeness (QED) is 0.236. The number of carbonyl (C=O) groups excluding carboxylic acids is 1. The van der Waals surface area contributed by atoms with Crippen LogP contribution < -0.4 is 10.2 Å². The normalized spacial score (nSPS) is 17.2. The summed E-state index contributed by atoms with van der Waals surface area (Å²) < 4.78 is 11.0. The molecule has 0 aliphatic carbocycles. The number of benzene rings is 1. The molecule has 3 rings (SSSR count). The van der Waals surface area contributed by atoms with Gasteiger partial charge in [-0.1, -0.05) is 18.2 Å². The highest BCUT2D eigenvalue weighted by atomic mass is 127. The van der Waals surface area contributed by atoms with E-state index in [0.717, 1.165) is 83.1 Å². The van der Waals surface area contributed by atoms with E-state index in [0.29, 0.717) is 6.10 Å². The summed E-state index contributed by atoms with van der Waals surface area (Å²) in [5, 5.41) is 3.35. The molecule has 1 aromatic rings. The first-order chi connectivity index (χ1) is 14.7. The average molecular weight is 544 g/mol. The monoisotopic (exact) mass is 544 g/mol. The Labute approximate surface area is 203 Å². The number of hydrogen-bond acceptors (Lipinski definition) is 4. The van der Waals surface area contributed by atoms with Gasteiger partial charge < -0.3 is 24.6 Å². The van der Waals surface area contributed by atoms with Gasteiger partial charge in [0.1, 0.15) is 6.54 Å². The Morgan fingerprint density at radius 3 is 2.71 bits per heavy atom. The molecule has 2 heterocycles. The zero-order valence-electron chi connectivity index (χ0n) is 18.8. The highest BCUT2D eigenvalue weighted by molar-refractivity contribution is 14.0. The number of amides is 1. The molecule has 7 nitrogen and oxygen atoms in total. The number of nitrogens with one attached hydrogen (secondary N) is 1. The molecule has 1 N–H and O–H groups in total. The Bertz CT molecular complexity index is 708. The van der Waals surface area contributed by atoms with Crippen LogP contribution >= 0.6 is 24.0 Å². The van der Waals surface area contributed by atoms with Crippen molar-refractivity contribution in [1.29, 1.82) is 0 Å². The third-order valence-corrected chi connectivity index (χ3v) is 5.70. The summed E-state index contributed by atoms with van der Waals surface area (Å²) in [6.07, 6.45) is 5.23. The van der Waals surface area contributed by atoms with Crippen molar-refractivity contribution in [2.45, 2.75) is 45.1 Å². The molecule has 31 heavy (non-hydrogen) atoms. The van der Waals surface area contributed by atoms with Crippen molar-refractivity contribution in [2.24, 2.45) is 4.99 Å². The van der Waals surface area contributed by atoms with E-state index in [2.05, 4.69) is 28.2 Å². The van der Waals surface area contributed by atoms with E-state index in [1.54, 1.807) is 7.11 Å². The van der Waals surface area contributed by atoms with Crippen molar-refractivity contribution >= 4 is 41.5 Å². The van der Waals surface area contributed by atoms with Crippen LogP contribution in [0.3, 0.4) is 0 Å². The molecule has 0 saturated carbocycles. The summed E-state index contributed by atoms with van der Waals surface area (Å²) in [5.74, 6) is 0.892. The average Bonchev–Trinajstić information content (AvgIpc) is 2.79. The standard InChI is InChI=1S/C23H36N4O3.HI/c1-3-24-23(26-14-11-20(12-15-26)30-17-7-16-29-2)25-18-22(28)27-13-6-9-19-8-4-5-10-21(19)27;/h4-5,8,10,20H,3,6-7,9,11-18H2,1-2H3,(H,24,25);1H. The van der Waals surface area contributed by atoms with Crippen molar-refractivity contribution in [3.8, 4) is 0 Å². The number of nitrogens with zero attached hydrogens (tertiary/aromatic N) is 3. The van der Waals surface area contributed by atoms with E-state index in [9.17, 15) is 4.79 Å². The van der Waals surface area contributed by atoms with Crippen molar-refractivity contribution in [2.75, 3.05) is 57.9 Å². The van der Waals surface area contributed by atoms with Gasteiger partial charge in [0, 0.05) is 52.2 Å². The van der Waals surface area contributed by atoms with E-state index < -0.39 is 0 Å². The molecule has 0 bridgehead atoms. The number of anilines is 1. The molecule has 0 spiro atoms. The molecule has 1 aromatic carbocycles. The van der Waals surface area contributed by atoms with Crippen LogP contribution in [0.25, 0.3) is 0 Å². The number of para-hydroxylation sites is 1. The molecule has 0 unspecified atom stereocenters. The third-order valence-electron chi connectivity index (χ3n) is 5.70. The minimum absolute atomic E-state index is 0. The van der Waals surface area contributed by atoms with Crippen LogP contribution in [0.2, 0.25) is 0 Å². The zero-order valence-corrected chi connectivity index (χ0v) is 21.2. The molecular formula is C23H37IN4O3. The predicted molar refractivity (Wildman–Crippen MR) is 136 cm³/mol. The van der Waals surface area contributed by atoms with Gasteiger partial charge in [-0.3, -0.25) is 4.79 Å². The predicted octanol–water partition coefficient (Wildman–Crippen LogP) is 3.07.